The van der Waals surface area contributed by atoms with E-state index in [9.17, 15) is 5.11 Å². The van der Waals surface area contributed by atoms with E-state index in [4.69, 9.17) is 4.74 Å². The number of ether oxygens (including phenoxy) is 1. The van der Waals surface area contributed by atoms with Gasteiger partial charge in [-0.25, -0.2) is 0 Å². The number of para-hydroxylation sites is 1. The van der Waals surface area contributed by atoms with Crippen LogP contribution in [0.25, 0.3) is 11.1 Å². The molecule has 0 bridgehead atoms. The van der Waals surface area contributed by atoms with Crippen LogP contribution < -0.4 is 4.74 Å². The largest absolute Gasteiger partial charge is 0.508 e. The van der Waals surface area contributed by atoms with E-state index in [-0.39, 0.29) is 0 Å². The van der Waals surface area contributed by atoms with Gasteiger partial charge in [-0.05, 0) is 48.6 Å². The van der Waals surface area contributed by atoms with Crippen molar-refractivity contribution in [3.05, 3.63) is 47.5 Å². The van der Waals surface area contributed by atoms with E-state index >= 15 is 0 Å². The highest BCUT2D eigenvalue weighted by atomic mass is 16.5. The molecular weight excluding hydrogens is 224 g/mol. The molecule has 0 spiro atoms. The Kier molecular flexibility index (Phi) is 2.71. The lowest BCUT2D eigenvalue weighted by Crippen LogP contribution is -2.09. The fourth-order valence-electron chi connectivity index (χ4n) is 2.44. The Bertz CT molecular complexity index is 588. The number of benzene rings is 2. The summed E-state index contributed by atoms with van der Waals surface area (Å²) in [6, 6.07) is 12.0. The average Bonchev–Trinajstić information content (AvgIpc) is 2.41. The molecule has 1 N–H and O–H groups in total. The van der Waals surface area contributed by atoms with Crippen LogP contribution in [0, 0.1) is 6.92 Å². The highest BCUT2D eigenvalue weighted by Crippen LogP contribution is 2.37. The summed E-state index contributed by atoms with van der Waals surface area (Å²) in [5, 5.41) is 9.60. The van der Waals surface area contributed by atoms with Gasteiger partial charge in [0.2, 0.25) is 0 Å². The zero-order valence-corrected chi connectivity index (χ0v) is 10.4. The number of phenolic OH excluding ortho intramolecular Hbond substituents is 1. The van der Waals surface area contributed by atoms with Crippen molar-refractivity contribution in [2.24, 2.45) is 0 Å². The van der Waals surface area contributed by atoms with Gasteiger partial charge in [0.1, 0.15) is 11.5 Å². The summed E-state index contributed by atoms with van der Waals surface area (Å²) in [5.41, 5.74) is 4.39. The van der Waals surface area contributed by atoms with Crippen LogP contribution in [0.1, 0.15) is 17.5 Å². The first kappa shape index (κ1) is 11.1. The molecule has 1 aliphatic heterocycles. The van der Waals surface area contributed by atoms with E-state index in [0.29, 0.717) is 5.75 Å². The molecular formula is C16H16O2. The summed E-state index contributed by atoms with van der Waals surface area (Å²) in [4.78, 5) is 0. The number of hydrogen-bond donors (Lipinski definition) is 1. The first-order valence-electron chi connectivity index (χ1n) is 6.30. The second-order valence-corrected chi connectivity index (χ2v) is 4.75. The number of rotatable bonds is 1. The first-order chi connectivity index (χ1) is 8.75. The number of phenols is 1. The van der Waals surface area contributed by atoms with Crippen LogP contribution in [0.15, 0.2) is 36.4 Å². The van der Waals surface area contributed by atoms with Crippen LogP contribution in [-0.4, -0.2) is 11.7 Å². The third kappa shape index (κ3) is 1.84. The van der Waals surface area contributed by atoms with E-state index in [0.717, 1.165) is 41.9 Å². The summed E-state index contributed by atoms with van der Waals surface area (Å²) in [6.07, 6.45) is 2.17. The second kappa shape index (κ2) is 4.37. The Hall–Kier alpha value is -1.96. The van der Waals surface area contributed by atoms with Gasteiger partial charge in [-0.3, -0.25) is 0 Å². The van der Waals surface area contributed by atoms with Crippen molar-refractivity contribution < 1.29 is 9.84 Å². The fourth-order valence-corrected chi connectivity index (χ4v) is 2.44. The van der Waals surface area contributed by atoms with E-state index in [1.54, 1.807) is 6.07 Å². The maximum atomic E-state index is 9.60. The molecule has 0 amide bonds. The van der Waals surface area contributed by atoms with Crippen LogP contribution >= 0.6 is 0 Å². The van der Waals surface area contributed by atoms with Crippen LogP contribution in [0.2, 0.25) is 0 Å². The molecule has 2 aromatic rings. The molecule has 0 aliphatic carbocycles. The van der Waals surface area contributed by atoms with Crippen molar-refractivity contribution in [2.75, 3.05) is 6.61 Å². The summed E-state index contributed by atoms with van der Waals surface area (Å²) < 4.78 is 5.82. The van der Waals surface area contributed by atoms with Crippen molar-refractivity contribution >= 4 is 0 Å². The molecule has 18 heavy (non-hydrogen) atoms. The predicted molar refractivity (Wildman–Crippen MR) is 72.1 cm³/mol. The van der Waals surface area contributed by atoms with Gasteiger partial charge in [0.15, 0.2) is 0 Å². The highest BCUT2D eigenvalue weighted by Gasteiger charge is 2.15. The van der Waals surface area contributed by atoms with Crippen molar-refractivity contribution in [1.82, 2.24) is 0 Å². The van der Waals surface area contributed by atoms with Crippen molar-refractivity contribution in [3.63, 3.8) is 0 Å². The molecule has 1 aliphatic rings. The maximum Gasteiger partial charge on any atom is 0.130 e. The molecule has 0 saturated carbocycles. The van der Waals surface area contributed by atoms with Crippen molar-refractivity contribution in [1.29, 1.82) is 0 Å². The molecule has 3 rings (SSSR count). The predicted octanol–water partition coefficient (Wildman–Crippen LogP) is 3.69. The summed E-state index contributed by atoms with van der Waals surface area (Å²) in [7, 11) is 0. The third-order valence-electron chi connectivity index (χ3n) is 3.44. The van der Waals surface area contributed by atoms with Gasteiger partial charge in [0, 0.05) is 5.56 Å². The minimum absolute atomic E-state index is 0.337. The minimum atomic E-state index is 0.337. The Morgan fingerprint density at radius 1 is 1.17 bits per heavy atom. The van der Waals surface area contributed by atoms with Gasteiger partial charge in [0.05, 0.1) is 6.61 Å². The first-order valence-corrected chi connectivity index (χ1v) is 6.30. The van der Waals surface area contributed by atoms with Gasteiger partial charge in [-0.2, -0.15) is 0 Å². The Labute approximate surface area is 107 Å². The van der Waals surface area contributed by atoms with Crippen LogP contribution in [0.4, 0.5) is 0 Å². The van der Waals surface area contributed by atoms with Gasteiger partial charge in [0.25, 0.3) is 0 Å². The maximum absolute atomic E-state index is 9.60. The fraction of sp³-hybridized carbons (Fsp3) is 0.250. The number of hydrogen-bond acceptors (Lipinski definition) is 2. The van der Waals surface area contributed by atoms with Gasteiger partial charge in [-0.15, -0.1) is 0 Å². The van der Waals surface area contributed by atoms with Crippen LogP contribution in [0.5, 0.6) is 11.5 Å². The SMILES string of the molecule is Cc1cc(-c2cccc3c2OCCC3)ccc1O. The van der Waals surface area contributed by atoms with Crippen molar-refractivity contribution in [3.8, 4) is 22.6 Å². The molecule has 2 nitrogen and oxygen atoms in total. The summed E-state index contributed by atoms with van der Waals surface area (Å²) in [5.74, 6) is 1.35. The summed E-state index contributed by atoms with van der Waals surface area (Å²) >= 11 is 0. The summed E-state index contributed by atoms with van der Waals surface area (Å²) in [6.45, 7) is 2.70. The zero-order valence-electron chi connectivity index (χ0n) is 10.4. The normalized spacial score (nSPS) is 13.8. The Morgan fingerprint density at radius 3 is 2.89 bits per heavy atom. The third-order valence-corrected chi connectivity index (χ3v) is 3.44. The molecule has 0 radical (unpaired) electrons. The van der Waals surface area contributed by atoms with Crippen molar-refractivity contribution in [2.45, 2.75) is 19.8 Å². The number of aromatic hydroxyl groups is 1. The van der Waals surface area contributed by atoms with E-state index in [1.807, 2.05) is 19.1 Å². The van der Waals surface area contributed by atoms with E-state index < -0.39 is 0 Å². The monoisotopic (exact) mass is 240 g/mol. The molecule has 2 heteroatoms. The average molecular weight is 240 g/mol. The number of aryl methyl sites for hydroxylation is 2. The van der Waals surface area contributed by atoms with Gasteiger partial charge in [-0.1, -0.05) is 24.3 Å². The van der Waals surface area contributed by atoms with Gasteiger partial charge < -0.3 is 9.84 Å². The van der Waals surface area contributed by atoms with E-state index in [2.05, 4.69) is 18.2 Å². The molecule has 0 atom stereocenters. The Morgan fingerprint density at radius 2 is 2.06 bits per heavy atom. The molecule has 0 aromatic heterocycles. The quantitative estimate of drug-likeness (QED) is 0.823. The molecule has 2 aromatic carbocycles. The molecule has 0 unspecified atom stereocenters. The van der Waals surface area contributed by atoms with E-state index in [1.165, 1.54) is 5.56 Å². The Balaban J connectivity index is 2.13. The standard InChI is InChI=1S/C16H16O2/c1-11-10-13(7-8-15(11)17)14-6-2-4-12-5-3-9-18-16(12)14/h2,4,6-8,10,17H,3,5,9H2,1H3. The van der Waals surface area contributed by atoms with Crippen LogP contribution in [0.3, 0.4) is 0 Å². The molecule has 0 saturated heterocycles. The van der Waals surface area contributed by atoms with Gasteiger partial charge >= 0.3 is 0 Å². The number of fused-ring (bicyclic) bond motifs is 1. The molecule has 1 heterocycles. The lowest BCUT2D eigenvalue weighted by Gasteiger charge is -2.20. The lowest BCUT2D eigenvalue weighted by atomic mass is 9.96. The topological polar surface area (TPSA) is 29.5 Å². The smallest absolute Gasteiger partial charge is 0.130 e. The molecule has 0 fully saturated rings. The second-order valence-electron chi connectivity index (χ2n) is 4.75. The highest BCUT2D eigenvalue weighted by molar-refractivity contribution is 5.73. The lowest BCUT2D eigenvalue weighted by molar-refractivity contribution is 0.289. The van der Waals surface area contributed by atoms with Crippen LogP contribution in [-0.2, 0) is 6.42 Å². The zero-order chi connectivity index (χ0) is 12.5. The minimum Gasteiger partial charge on any atom is -0.508 e. The molecule has 92 valence electrons.